The predicted molar refractivity (Wildman–Crippen MR) is 114 cm³/mol. The number of nitrogens with one attached hydrogen (secondary N) is 2. The van der Waals surface area contributed by atoms with E-state index < -0.39 is 12.0 Å². The predicted octanol–water partition coefficient (Wildman–Crippen LogP) is 2.96. The number of hydrogen-bond donors (Lipinski definition) is 3. The third-order valence-corrected chi connectivity index (χ3v) is 4.63. The lowest BCUT2D eigenvalue weighted by molar-refractivity contribution is -0.140. The Hall–Kier alpha value is -2.77. The van der Waals surface area contributed by atoms with E-state index in [1.807, 2.05) is 31.2 Å². The minimum atomic E-state index is -0.951. The molecular formula is C22H29N3O4. The van der Waals surface area contributed by atoms with Crippen LogP contribution in [-0.4, -0.2) is 41.5 Å². The molecule has 0 spiro atoms. The van der Waals surface area contributed by atoms with E-state index in [4.69, 9.17) is 9.73 Å². The fourth-order valence-corrected chi connectivity index (χ4v) is 2.91. The van der Waals surface area contributed by atoms with Gasteiger partial charge in [-0.1, -0.05) is 26.0 Å². The molecule has 7 nitrogen and oxygen atoms in total. The number of hydrogen-bond acceptors (Lipinski definition) is 5. The molecular weight excluding hydrogens is 370 g/mol. The molecule has 156 valence electrons. The fraction of sp³-hybridized carbons (Fsp3) is 0.409. The number of carboxylic acids is 1. The van der Waals surface area contributed by atoms with Crippen LogP contribution in [0, 0.1) is 19.8 Å². The van der Waals surface area contributed by atoms with Crippen LogP contribution in [0.5, 0.6) is 0 Å². The number of pyridine rings is 1. The first-order valence-corrected chi connectivity index (χ1v) is 9.55. The molecule has 0 aliphatic rings. The maximum Gasteiger partial charge on any atom is 0.323 e. The molecule has 1 unspecified atom stereocenters. The van der Waals surface area contributed by atoms with Gasteiger partial charge >= 0.3 is 5.97 Å². The number of rotatable bonds is 9. The van der Waals surface area contributed by atoms with Gasteiger partial charge in [-0.15, -0.1) is 0 Å². The molecule has 3 N–H and O–H groups in total. The summed E-state index contributed by atoms with van der Waals surface area (Å²) in [6, 6.07) is 6.95. The Bertz CT molecular complexity index is 947. The van der Waals surface area contributed by atoms with E-state index in [1.165, 1.54) is 7.11 Å². The number of H-pyrrole nitrogens is 1. The quantitative estimate of drug-likeness (QED) is 0.563. The van der Waals surface area contributed by atoms with Crippen molar-refractivity contribution >= 4 is 17.4 Å². The number of aliphatic carboxylic acids is 1. The lowest BCUT2D eigenvalue weighted by Crippen LogP contribution is -2.39. The monoisotopic (exact) mass is 399 g/mol. The van der Waals surface area contributed by atoms with E-state index >= 15 is 0 Å². The third-order valence-electron chi connectivity index (χ3n) is 4.63. The van der Waals surface area contributed by atoms with E-state index in [1.54, 1.807) is 13.1 Å². The Labute approximate surface area is 170 Å². The molecule has 1 heterocycles. The summed E-state index contributed by atoms with van der Waals surface area (Å²) in [7, 11) is 1.47. The van der Waals surface area contributed by atoms with E-state index in [-0.39, 0.29) is 18.1 Å². The minimum Gasteiger partial charge on any atom is -0.480 e. The Balaban J connectivity index is 2.34. The Morgan fingerprint density at radius 1 is 1.24 bits per heavy atom. The highest BCUT2D eigenvalue weighted by molar-refractivity contribution is 6.03. The summed E-state index contributed by atoms with van der Waals surface area (Å²) < 4.78 is 4.95. The normalized spacial score (nSPS) is 13.0. The number of aromatic nitrogens is 1. The number of benzene rings is 1. The van der Waals surface area contributed by atoms with Crippen LogP contribution in [0.3, 0.4) is 0 Å². The minimum absolute atomic E-state index is 0.0925. The molecule has 1 aromatic carbocycles. The van der Waals surface area contributed by atoms with Crippen molar-refractivity contribution in [3.8, 4) is 0 Å². The highest BCUT2D eigenvalue weighted by Gasteiger charge is 2.16. The molecule has 0 amide bonds. The zero-order valence-corrected chi connectivity index (χ0v) is 17.6. The van der Waals surface area contributed by atoms with Gasteiger partial charge in [0, 0.05) is 31.0 Å². The second kappa shape index (κ2) is 10.1. The first-order chi connectivity index (χ1) is 13.7. The number of aryl methyl sites for hydroxylation is 2. The Morgan fingerprint density at radius 2 is 1.97 bits per heavy atom. The molecule has 2 aromatic rings. The van der Waals surface area contributed by atoms with Crippen molar-refractivity contribution in [2.24, 2.45) is 10.9 Å². The molecule has 1 atom stereocenters. The number of carboxylic acid groups (broad SMARTS) is 1. The Kier molecular flexibility index (Phi) is 7.87. The summed E-state index contributed by atoms with van der Waals surface area (Å²) >= 11 is 0. The van der Waals surface area contributed by atoms with Crippen LogP contribution < -0.4 is 10.9 Å². The van der Waals surface area contributed by atoms with Crippen molar-refractivity contribution in [2.75, 3.05) is 13.7 Å². The lowest BCUT2D eigenvalue weighted by atomic mass is 9.99. The topological polar surface area (TPSA) is 104 Å². The second-order valence-corrected chi connectivity index (χ2v) is 7.40. The molecule has 2 rings (SSSR count). The number of aromatic amines is 1. The second-order valence-electron chi connectivity index (χ2n) is 7.40. The van der Waals surface area contributed by atoms with Crippen LogP contribution in [0.1, 0.15) is 36.1 Å². The van der Waals surface area contributed by atoms with Crippen molar-refractivity contribution in [1.29, 1.82) is 0 Å². The van der Waals surface area contributed by atoms with Gasteiger partial charge in [0.1, 0.15) is 6.04 Å². The zero-order chi connectivity index (χ0) is 21.6. The van der Waals surface area contributed by atoms with Gasteiger partial charge < -0.3 is 14.8 Å². The van der Waals surface area contributed by atoms with Crippen molar-refractivity contribution in [3.63, 3.8) is 0 Å². The van der Waals surface area contributed by atoms with Crippen molar-refractivity contribution < 1.29 is 14.6 Å². The average Bonchev–Trinajstić information content (AvgIpc) is 2.66. The zero-order valence-electron chi connectivity index (χ0n) is 17.6. The lowest BCUT2D eigenvalue weighted by Gasteiger charge is -2.15. The van der Waals surface area contributed by atoms with Crippen LogP contribution in [0.2, 0.25) is 0 Å². The van der Waals surface area contributed by atoms with Crippen LogP contribution in [0.4, 0.5) is 5.69 Å². The van der Waals surface area contributed by atoms with E-state index in [0.717, 1.165) is 28.1 Å². The van der Waals surface area contributed by atoms with Gasteiger partial charge in [0.05, 0.1) is 18.0 Å². The van der Waals surface area contributed by atoms with Gasteiger partial charge in [-0.25, -0.2) is 0 Å². The summed E-state index contributed by atoms with van der Waals surface area (Å²) in [4.78, 5) is 30.6. The molecule has 7 heteroatoms. The largest absolute Gasteiger partial charge is 0.480 e. The molecule has 0 aliphatic heterocycles. The smallest absolute Gasteiger partial charge is 0.323 e. The number of methoxy groups -OCH3 is 1. The number of aliphatic imine (C=N–C) groups is 1. The third kappa shape index (κ3) is 6.10. The first-order valence-electron chi connectivity index (χ1n) is 9.55. The van der Waals surface area contributed by atoms with Crippen LogP contribution >= 0.6 is 0 Å². The van der Waals surface area contributed by atoms with E-state index in [9.17, 15) is 14.7 Å². The van der Waals surface area contributed by atoms with Gasteiger partial charge in [-0.3, -0.25) is 19.9 Å². The van der Waals surface area contributed by atoms with Crippen molar-refractivity contribution in [2.45, 2.75) is 40.3 Å². The summed E-state index contributed by atoms with van der Waals surface area (Å²) in [5, 5.41) is 12.2. The van der Waals surface area contributed by atoms with Gasteiger partial charge in [-0.05, 0) is 43.0 Å². The highest BCUT2D eigenvalue weighted by atomic mass is 16.5. The number of carbonyl (C=O) groups is 1. The van der Waals surface area contributed by atoms with Gasteiger partial charge in [0.15, 0.2) is 0 Å². The van der Waals surface area contributed by atoms with E-state index in [2.05, 4.69) is 24.1 Å². The molecule has 0 aliphatic carbocycles. The van der Waals surface area contributed by atoms with Crippen molar-refractivity contribution in [3.05, 3.63) is 63.1 Å². The maximum absolute atomic E-state index is 11.7. The summed E-state index contributed by atoms with van der Waals surface area (Å²) in [6.45, 7) is 8.35. The number of ether oxygens (including phenoxy) is 1. The SMILES string of the molecule is COCC(NCc1ccc(C)c(N=C(c2c[nH]c(=O)c(C)c2)C(C)C)c1)C(=O)O. The molecule has 0 saturated carbocycles. The first kappa shape index (κ1) is 22.5. The van der Waals surface area contributed by atoms with Crippen LogP contribution in [-0.2, 0) is 16.1 Å². The Morgan fingerprint density at radius 3 is 2.55 bits per heavy atom. The standard InChI is InChI=1S/C22H29N3O4/c1-13(2)20(17-8-15(4)21(26)24-11-17)25-18-9-16(7-6-14(18)3)10-23-19(12-29-5)22(27)28/h6-9,11,13,19,23H,10,12H2,1-5H3,(H,24,26)(H,27,28). The summed E-state index contributed by atoms with van der Waals surface area (Å²) in [5.41, 5.74) is 5.05. The molecule has 29 heavy (non-hydrogen) atoms. The summed E-state index contributed by atoms with van der Waals surface area (Å²) in [6.07, 6.45) is 1.69. The molecule has 0 bridgehead atoms. The van der Waals surface area contributed by atoms with Crippen LogP contribution in [0.15, 0.2) is 40.2 Å². The van der Waals surface area contributed by atoms with E-state index in [0.29, 0.717) is 12.1 Å². The van der Waals surface area contributed by atoms with Gasteiger partial charge in [0.2, 0.25) is 0 Å². The molecule has 0 radical (unpaired) electrons. The highest BCUT2D eigenvalue weighted by Crippen LogP contribution is 2.23. The number of nitrogens with zero attached hydrogens (tertiary/aromatic N) is 1. The molecule has 1 aromatic heterocycles. The van der Waals surface area contributed by atoms with Crippen molar-refractivity contribution in [1.82, 2.24) is 10.3 Å². The fourth-order valence-electron chi connectivity index (χ4n) is 2.91. The van der Waals surface area contributed by atoms with Gasteiger partial charge in [-0.2, -0.15) is 0 Å². The average molecular weight is 399 g/mol. The van der Waals surface area contributed by atoms with Gasteiger partial charge in [0.25, 0.3) is 5.56 Å². The molecule has 0 saturated heterocycles. The molecule has 0 fully saturated rings. The summed E-state index contributed by atoms with van der Waals surface area (Å²) in [5.74, 6) is -0.799. The van der Waals surface area contributed by atoms with Crippen LogP contribution in [0.25, 0.3) is 0 Å². The maximum atomic E-state index is 11.7.